The van der Waals surface area contributed by atoms with E-state index in [1.807, 2.05) is 36.4 Å². The van der Waals surface area contributed by atoms with Crippen molar-refractivity contribution in [3.63, 3.8) is 0 Å². The predicted molar refractivity (Wildman–Crippen MR) is 98.2 cm³/mol. The van der Waals surface area contributed by atoms with Gasteiger partial charge in [0.05, 0.1) is 12.0 Å². The van der Waals surface area contributed by atoms with E-state index < -0.39 is 18.6 Å². The molecule has 3 rings (SSSR count). The summed E-state index contributed by atoms with van der Waals surface area (Å²) in [6.45, 7) is 1.55. The molecule has 0 radical (unpaired) electrons. The summed E-state index contributed by atoms with van der Waals surface area (Å²) in [5.41, 5.74) is 1.08. The number of hydrogen-bond acceptors (Lipinski definition) is 6. The van der Waals surface area contributed by atoms with Crippen molar-refractivity contribution < 1.29 is 15.0 Å². The van der Waals surface area contributed by atoms with Crippen LogP contribution in [0.3, 0.4) is 0 Å². The monoisotopic (exact) mass is 357 g/mol. The normalized spacial score (nSPS) is 12.2. The van der Waals surface area contributed by atoms with E-state index in [1.54, 1.807) is 11.3 Å². The first-order chi connectivity index (χ1) is 12.1. The summed E-state index contributed by atoms with van der Waals surface area (Å²) in [7, 11) is 0. The minimum absolute atomic E-state index is 0.452. The number of rotatable bonds is 7. The Kier molecular flexibility index (Phi) is 5.25. The molecule has 0 aliphatic rings. The molecule has 25 heavy (non-hydrogen) atoms. The van der Waals surface area contributed by atoms with Crippen LogP contribution in [0.2, 0.25) is 0 Å². The number of aryl methyl sites for hydroxylation is 1. The van der Waals surface area contributed by atoms with Gasteiger partial charge in [0.25, 0.3) is 0 Å². The molecule has 2 aromatic heterocycles. The zero-order valence-corrected chi connectivity index (χ0v) is 14.6. The second-order valence-corrected chi connectivity index (χ2v) is 6.77. The van der Waals surface area contributed by atoms with E-state index in [1.165, 1.54) is 0 Å². The van der Waals surface area contributed by atoms with Gasteiger partial charge in [0.2, 0.25) is 0 Å². The maximum atomic E-state index is 11.2. The molecule has 6 nitrogen and oxygen atoms in total. The largest absolute Gasteiger partial charge is 0.480 e. The number of aromatic nitrogens is 2. The van der Waals surface area contributed by atoms with Crippen LogP contribution < -0.4 is 5.32 Å². The van der Waals surface area contributed by atoms with Crippen LogP contribution in [0.5, 0.6) is 0 Å². The predicted octanol–water partition coefficient (Wildman–Crippen LogP) is 2.70. The van der Waals surface area contributed by atoms with E-state index >= 15 is 0 Å². The number of aliphatic carboxylic acids is 1. The Morgan fingerprint density at radius 2 is 2.04 bits per heavy atom. The third-order valence-corrected chi connectivity index (χ3v) is 5.01. The van der Waals surface area contributed by atoms with Crippen LogP contribution in [0.15, 0.2) is 36.4 Å². The van der Waals surface area contributed by atoms with Crippen molar-refractivity contribution in [2.45, 2.75) is 25.8 Å². The molecule has 0 amide bonds. The van der Waals surface area contributed by atoms with E-state index in [-0.39, 0.29) is 0 Å². The lowest BCUT2D eigenvalue weighted by molar-refractivity contribution is -0.138. The molecule has 130 valence electrons. The third kappa shape index (κ3) is 3.94. The number of thiophene rings is 1. The van der Waals surface area contributed by atoms with Crippen molar-refractivity contribution in [1.82, 2.24) is 9.97 Å². The van der Waals surface area contributed by atoms with Crippen molar-refractivity contribution in [3.8, 4) is 0 Å². The summed E-state index contributed by atoms with van der Waals surface area (Å²) < 4.78 is 0. The van der Waals surface area contributed by atoms with E-state index in [2.05, 4.69) is 22.2 Å². The van der Waals surface area contributed by atoms with Gasteiger partial charge < -0.3 is 15.5 Å². The number of carboxylic acid groups (broad SMARTS) is 1. The topological polar surface area (TPSA) is 95.3 Å². The highest BCUT2D eigenvalue weighted by atomic mass is 32.1. The number of nitrogens with one attached hydrogen (secondary N) is 1. The molecule has 0 saturated carbocycles. The Morgan fingerprint density at radius 3 is 2.68 bits per heavy atom. The van der Waals surface area contributed by atoms with Gasteiger partial charge in [0, 0.05) is 11.3 Å². The van der Waals surface area contributed by atoms with Crippen LogP contribution >= 0.6 is 11.3 Å². The zero-order chi connectivity index (χ0) is 17.8. The van der Waals surface area contributed by atoms with Crippen molar-refractivity contribution in [3.05, 3.63) is 52.7 Å². The Morgan fingerprint density at radius 1 is 1.28 bits per heavy atom. The molecule has 0 saturated heterocycles. The number of nitrogens with zero attached hydrogens (tertiary/aromatic N) is 2. The summed E-state index contributed by atoms with van der Waals surface area (Å²) in [6, 6.07) is 10.7. The number of hydrogen-bond donors (Lipinski definition) is 3. The van der Waals surface area contributed by atoms with Gasteiger partial charge in [-0.05, 0) is 18.1 Å². The second-order valence-electron chi connectivity index (χ2n) is 5.65. The lowest BCUT2D eigenvalue weighted by Gasteiger charge is -2.14. The van der Waals surface area contributed by atoms with Gasteiger partial charge >= 0.3 is 5.97 Å². The maximum absolute atomic E-state index is 11.2. The van der Waals surface area contributed by atoms with Gasteiger partial charge in [0.1, 0.15) is 22.5 Å². The van der Waals surface area contributed by atoms with Gasteiger partial charge in [-0.1, -0.05) is 37.3 Å². The summed E-state index contributed by atoms with van der Waals surface area (Å²) >= 11 is 1.58. The molecule has 2 heterocycles. The zero-order valence-electron chi connectivity index (χ0n) is 13.8. The third-order valence-electron chi connectivity index (χ3n) is 3.84. The number of aliphatic hydroxyl groups is 1. The fourth-order valence-electron chi connectivity index (χ4n) is 2.51. The Labute approximate surface area is 149 Å². The summed E-state index contributed by atoms with van der Waals surface area (Å²) in [5, 5.41) is 22.1. The fourth-order valence-corrected chi connectivity index (χ4v) is 3.49. The summed E-state index contributed by atoms with van der Waals surface area (Å²) in [4.78, 5) is 22.4. The maximum Gasteiger partial charge on any atom is 0.328 e. The Hall–Kier alpha value is -2.51. The van der Waals surface area contributed by atoms with Crippen molar-refractivity contribution in [2.24, 2.45) is 0 Å². The molecule has 0 aliphatic carbocycles. The molecule has 0 fully saturated rings. The van der Waals surface area contributed by atoms with E-state index in [0.717, 1.165) is 27.1 Å². The standard InChI is InChI=1S/C18H19N3O3S/c1-2-12-9-13-16(19-14(10-22)18(23)24)20-15(21-17(13)25-12)8-11-6-4-3-5-7-11/h3-7,9,14,22H,2,8,10H2,1H3,(H,23,24)(H,19,20,21). The average molecular weight is 357 g/mol. The second kappa shape index (κ2) is 7.58. The Balaban J connectivity index is 2.02. The molecule has 1 aromatic carbocycles. The van der Waals surface area contributed by atoms with Crippen LogP contribution in [-0.4, -0.2) is 38.8 Å². The highest BCUT2D eigenvalue weighted by Crippen LogP contribution is 2.30. The lowest BCUT2D eigenvalue weighted by atomic mass is 10.1. The number of anilines is 1. The number of carbonyl (C=O) groups is 1. The van der Waals surface area contributed by atoms with E-state index in [4.69, 9.17) is 0 Å². The molecule has 3 N–H and O–H groups in total. The van der Waals surface area contributed by atoms with Crippen LogP contribution in [0.25, 0.3) is 10.2 Å². The molecule has 1 atom stereocenters. The molecule has 0 aliphatic heterocycles. The fraction of sp³-hybridized carbons (Fsp3) is 0.278. The molecule has 3 aromatic rings. The average Bonchev–Trinajstić information content (AvgIpc) is 3.03. The highest BCUT2D eigenvalue weighted by molar-refractivity contribution is 7.18. The Bertz CT molecular complexity index is 880. The first kappa shape index (κ1) is 17.3. The minimum Gasteiger partial charge on any atom is -0.480 e. The number of benzene rings is 1. The number of aliphatic hydroxyl groups excluding tert-OH is 1. The first-order valence-electron chi connectivity index (χ1n) is 8.04. The summed E-state index contributed by atoms with van der Waals surface area (Å²) in [5.74, 6) is -0.0501. The lowest BCUT2D eigenvalue weighted by Crippen LogP contribution is -2.33. The molecule has 0 bridgehead atoms. The van der Waals surface area contributed by atoms with Crippen molar-refractivity contribution >= 4 is 33.3 Å². The number of carboxylic acids is 1. The quantitative estimate of drug-likeness (QED) is 0.602. The van der Waals surface area contributed by atoms with Gasteiger partial charge in [-0.2, -0.15) is 0 Å². The molecular formula is C18H19N3O3S. The van der Waals surface area contributed by atoms with Gasteiger partial charge in [-0.25, -0.2) is 14.8 Å². The van der Waals surface area contributed by atoms with E-state index in [0.29, 0.717) is 18.1 Å². The van der Waals surface area contributed by atoms with Crippen LogP contribution in [0.4, 0.5) is 5.82 Å². The highest BCUT2D eigenvalue weighted by Gasteiger charge is 2.19. The van der Waals surface area contributed by atoms with Crippen molar-refractivity contribution in [1.29, 1.82) is 0 Å². The molecular weight excluding hydrogens is 338 g/mol. The molecule has 1 unspecified atom stereocenters. The van der Waals surface area contributed by atoms with Crippen LogP contribution in [-0.2, 0) is 17.6 Å². The summed E-state index contributed by atoms with van der Waals surface area (Å²) in [6.07, 6.45) is 1.43. The number of fused-ring (bicyclic) bond motifs is 1. The molecule has 0 spiro atoms. The van der Waals surface area contributed by atoms with Crippen LogP contribution in [0.1, 0.15) is 23.2 Å². The SMILES string of the molecule is CCc1cc2c(NC(CO)C(=O)O)nc(Cc3ccccc3)nc2s1. The van der Waals surface area contributed by atoms with Crippen molar-refractivity contribution in [2.75, 3.05) is 11.9 Å². The molecule has 7 heteroatoms. The van der Waals surface area contributed by atoms with Gasteiger partial charge in [-0.3, -0.25) is 0 Å². The van der Waals surface area contributed by atoms with Gasteiger partial charge in [-0.15, -0.1) is 11.3 Å². The smallest absolute Gasteiger partial charge is 0.328 e. The minimum atomic E-state index is -1.12. The van der Waals surface area contributed by atoms with Gasteiger partial charge in [0.15, 0.2) is 0 Å². The van der Waals surface area contributed by atoms with E-state index in [9.17, 15) is 15.0 Å². The first-order valence-corrected chi connectivity index (χ1v) is 8.85. The van der Waals surface area contributed by atoms with Crippen LogP contribution in [0, 0.1) is 0 Å².